The Morgan fingerprint density at radius 1 is 1.36 bits per heavy atom. The average Bonchev–Trinajstić information content (AvgIpc) is 2.46. The molecule has 1 rings (SSSR count). The molecule has 0 amide bonds. The van der Waals surface area contributed by atoms with Crippen LogP contribution in [0.15, 0.2) is 0 Å². The number of aliphatic hydroxyl groups is 4. The van der Waals surface area contributed by atoms with Crippen molar-refractivity contribution in [3.63, 3.8) is 0 Å². The highest BCUT2D eigenvalue weighted by Crippen LogP contribution is 2.24. The fraction of sp³-hybridized carbons (Fsp3) is 1.00. The van der Waals surface area contributed by atoms with Gasteiger partial charge in [0, 0.05) is 6.61 Å². The van der Waals surface area contributed by atoms with Gasteiger partial charge in [0.05, 0.1) is 6.61 Å². The molecule has 0 radical (unpaired) electrons. The van der Waals surface area contributed by atoms with E-state index < -0.39 is 37.3 Å². The van der Waals surface area contributed by atoms with Crippen molar-refractivity contribution < 1.29 is 29.9 Å². The zero-order valence-electron chi connectivity index (χ0n) is 7.91. The van der Waals surface area contributed by atoms with Crippen LogP contribution >= 0.6 is 0 Å². The molecule has 0 unspecified atom stereocenters. The molecule has 1 aliphatic heterocycles. The number of ether oxygens (including phenoxy) is 2. The van der Waals surface area contributed by atoms with Crippen molar-refractivity contribution in [2.24, 2.45) is 0 Å². The first kappa shape index (κ1) is 11.8. The minimum atomic E-state index is -1.24. The number of aliphatic hydroxyl groups excluding tert-OH is 4. The zero-order chi connectivity index (χ0) is 10.7. The summed E-state index contributed by atoms with van der Waals surface area (Å²) in [6.45, 7) is 1.52. The fourth-order valence-corrected chi connectivity index (χ4v) is 1.40. The van der Waals surface area contributed by atoms with Crippen molar-refractivity contribution >= 4 is 0 Å². The quantitative estimate of drug-likeness (QED) is 0.419. The van der Waals surface area contributed by atoms with Gasteiger partial charge in [0.25, 0.3) is 0 Å². The topological polar surface area (TPSA) is 99.4 Å². The smallest absolute Gasteiger partial charge is 0.186 e. The Hall–Kier alpha value is -0.240. The Balaban J connectivity index is 2.57. The minimum absolute atomic E-state index is 0.330. The van der Waals surface area contributed by atoms with Gasteiger partial charge in [-0.2, -0.15) is 0 Å². The van der Waals surface area contributed by atoms with Gasteiger partial charge in [-0.15, -0.1) is 0 Å². The van der Waals surface area contributed by atoms with Crippen LogP contribution in [0.1, 0.15) is 6.92 Å². The first-order valence-electron chi connectivity index (χ1n) is 4.54. The summed E-state index contributed by atoms with van der Waals surface area (Å²) in [6.07, 6.45) is -5.60. The summed E-state index contributed by atoms with van der Waals surface area (Å²) in [5, 5.41) is 36.7. The normalized spacial score (nSPS) is 40.1. The molecule has 4 N–H and O–H groups in total. The molecule has 0 saturated carbocycles. The lowest BCUT2D eigenvalue weighted by Crippen LogP contribution is -2.40. The molecular formula is C8H16O6. The fourth-order valence-electron chi connectivity index (χ4n) is 1.40. The van der Waals surface area contributed by atoms with Gasteiger partial charge in [0.1, 0.15) is 24.4 Å². The van der Waals surface area contributed by atoms with Crippen LogP contribution in [0.2, 0.25) is 0 Å². The van der Waals surface area contributed by atoms with Crippen LogP contribution in [-0.2, 0) is 9.47 Å². The second-order valence-electron chi connectivity index (χ2n) is 3.16. The summed E-state index contributed by atoms with van der Waals surface area (Å²) in [6, 6.07) is 0. The van der Waals surface area contributed by atoms with Crippen LogP contribution in [0.5, 0.6) is 0 Å². The van der Waals surface area contributed by atoms with E-state index in [1.165, 1.54) is 0 Å². The number of hydrogen-bond donors (Lipinski definition) is 4. The molecule has 0 aromatic heterocycles. The van der Waals surface area contributed by atoms with E-state index in [9.17, 15) is 15.3 Å². The van der Waals surface area contributed by atoms with Crippen molar-refractivity contribution in [3.8, 4) is 0 Å². The van der Waals surface area contributed by atoms with E-state index in [0.29, 0.717) is 6.61 Å². The summed E-state index contributed by atoms with van der Waals surface area (Å²) in [4.78, 5) is 0. The molecule has 84 valence electrons. The van der Waals surface area contributed by atoms with Crippen LogP contribution in [0.3, 0.4) is 0 Å². The molecule has 0 aliphatic carbocycles. The molecule has 1 saturated heterocycles. The Morgan fingerprint density at radius 2 is 2.00 bits per heavy atom. The van der Waals surface area contributed by atoms with Gasteiger partial charge < -0.3 is 29.9 Å². The van der Waals surface area contributed by atoms with Crippen molar-refractivity contribution in [2.75, 3.05) is 13.2 Å². The summed E-state index contributed by atoms with van der Waals surface area (Å²) in [5.41, 5.74) is 0. The third-order valence-electron chi connectivity index (χ3n) is 2.15. The van der Waals surface area contributed by atoms with Crippen molar-refractivity contribution in [1.29, 1.82) is 0 Å². The van der Waals surface area contributed by atoms with Gasteiger partial charge in [0.15, 0.2) is 6.29 Å². The molecule has 14 heavy (non-hydrogen) atoms. The summed E-state index contributed by atoms with van der Waals surface area (Å²) in [7, 11) is 0. The van der Waals surface area contributed by atoms with Gasteiger partial charge in [-0.25, -0.2) is 0 Å². The van der Waals surface area contributed by atoms with E-state index in [4.69, 9.17) is 14.6 Å². The molecule has 6 heteroatoms. The van der Waals surface area contributed by atoms with E-state index in [0.717, 1.165) is 0 Å². The molecular weight excluding hydrogens is 192 g/mol. The monoisotopic (exact) mass is 208 g/mol. The van der Waals surface area contributed by atoms with Crippen LogP contribution < -0.4 is 0 Å². The lowest BCUT2D eigenvalue weighted by molar-refractivity contribution is -0.178. The standard InChI is InChI=1S/C8H16O6/c1-2-13-8-6(12)5(11)7(14-8)4(10)3-9/h4-12H,2-3H2,1H3/t4-,5+,6-,7+,8-/m1/s1. The summed E-state index contributed by atoms with van der Waals surface area (Å²) < 4.78 is 10.0. The largest absolute Gasteiger partial charge is 0.394 e. The molecule has 0 aromatic rings. The SMILES string of the molecule is CCO[C@@H]1O[C@@H]([C@H](O)CO)[C@@H](O)[C@H]1O. The highest BCUT2D eigenvalue weighted by atomic mass is 16.7. The Morgan fingerprint density at radius 3 is 2.50 bits per heavy atom. The van der Waals surface area contributed by atoms with E-state index in [1.54, 1.807) is 6.92 Å². The highest BCUT2D eigenvalue weighted by molar-refractivity contribution is 4.90. The van der Waals surface area contributed by atoms with Gasteiger partial charge >= 0.3 is 0 Å². The predicted octanol–water partition coefficient (Wildman–Crippen LogP) is -2.18. The lowest BCUT2D eigenvalue weighted by atomic mass is 10.1. The Bertz CT molecular complexity index is 173. The van der Waals surface area contributed by atoms with Crippen LogP contribution in [-0.4, -0.2) is 64.3 Å². The summed E-state index contributed by atoms with van der Waals surface area (Å²) in [5.74, 6) is 0. The van der Waals surface area contributed by atoms with Gasteiger partial charge in [-0.3, -0.25) is 0 Å². The molecule has 1 heterocycles. The predicted molar refractivity (Wildman–Crippen MR) is 45.4 cm³/mol. The zero-order valence-corrected chi connectivity index (χ0v) is 7.91. The van der Waals surface area contributed by atoms with E-state index >= 15 is 0 Å². The van der Waals surface area contributed by atoms with Crippen LogP contribution in [0.25, 0.3) is 0 Å². The highest BCUT2D eigenvalue weighted by Gasteiger charge is 2.46. The average molecular weight is 208 g/mol. The second-order valence-corrected chi connectivity index (χ2v) is 3.16. The van der Waals surface area contributed by atoms with Gasteiger partial charge in [-0.05, 0) is 6.92 Å². The molecule has 1 aliphatic rings. The maximum absolute atomic E-state index is 9.43. The Labute approximate surface area is 81.7 Å². The third-order valence-corrected chi connectivity index (χ3v) is 2.15. The van der Waals surface area contributed by atoms with E-state index in [2.05, 4.69) is 0 Å². The number of rotatable bonds is 4. The van der Waals surface area contributed by atoms with E-state index in [1.807, 2.05) is 0 Å². The molecule has 0 aromatic carbocycles. The van der Waals surface area contributed by atoms with Crippen LogP contribution in [0, 0.1) is 0 Å². The van der Waals surface area contributed by atoms with Crippen molar-refractivity contribution in [3.05, 3.63) is 0 Å². The van der Waals surface area contributed by atoms with Gasteiger partial charge in [0.2, 0.25) is 0 Å². The van der Waals surface area contributed by atoms with Gasteiger partial charge in [-0.1, -0.05) is 0 Å². The molecule has 5 atom stereocenters. The first-order valence-corrected chi connectivity index (χ1v) is 4.54. The maximum atomic E-state index is 9.43. The van der Waals surface area contributed by atoms with Crippen molar-refractivity contribution in [1.82, 2.24) is 0 Å². The van der Waals surface area contributed by atoms with Crippen molar-refractivity contribution in [2.45, 2.75) is 37.6 Å². The molecule has 0 bridgehead atoms. The molecule has 6 nitrogen and oxygen atoms in total. The summed E-state index contributed by atoms with van der Waals surface area (Å²) >= 11 is 0. The first-order chi connectivity index (χ1) is 6.61. The molecule has 0 spiro atoms. The minimum Gasteiger partial charge on any atom is -0.394 e. The maximum Gasteiger partial charge on any atom is 0.186 e. The van der Waals surface area contributed by atoms with Crippen LogP contribution in [0.4, 0.5) is 0 Å². The Kier molecular flexibility index (Phi) is 4.24. The second kappa shape index (κ2) is 5.01. The third kappa shape index (κ3) is 2.22. The lowest BCUT2D eigenvalue weighted by Gasteiger charge is -2.18. The van der Waals surface area contributed by atoms with E-state index in [-0.39, 0.29) is 0 Å². The molecule has 1 fully saturated rings. The number of hydrogen-bond acceptors (Lipinski definition) is 6.